The third-order valence-electron chi connectivity index (χ3n) is 5.45. The lowest BCUT2D eigenvalue weighted by atomic mass is 10.1. The van der Waals surface area contributed by atoms with Gasteiger partial charge in [-0.3, -0.25) is 14.4 Å². The van der Waals surface area contributed by atoms with Gasteiger partial charge in [-0.25, -0.2) is 9.69 Å². The smallest absolute Gasteiger partial charge is 0.338 e. The van der Waals surface area contributed by atoms with Gasteiger partial charge in [0, 0.05) is 16.9 Å². The van der Waals surface area contributed by atoms with Crippen molar-refractivity contribution in [3.8, 4) is 5.75 Å². The number of anilines is 3. The molecule has 0 saturated carbocycles. The maximum Gasteiger partial charge on any atom is 0.338 e. The topological polar surface area (TPSA) is 114 Å². The van der Waals surface area contributed by atoms with Gasteiger partial charge in [0.05, 0.1) is 24.5 Å². The van der Waals surface area contributed by atoms with Crippen LogP contribution in [-0.4, -0.2) is 36.9 Å². The second-order valence-corrected chi connectivity index (χ2v) is 8.88. The molecule has 2 N–H and O–H groups in total. The molecular weight excluding hydrogens is 510 g/mol. The van der Waals surface area contributed by atoms with Crippen LogP contribution in [0.1, 0.15) is 34.6 Å². The van der Waals surface area contributed by atoms with E-state index in [-0.39, 0.29) is 28.1 Å². The minimum absolute atomic E-state index is 0.128. The highest BCUT2D eigenvalue weighted by Gasteiger charge is 2.40. The predicted octanol–water partition coefficient (Wildman–Crippen LogP) is 4.95. The van der Waals surface area contributed by atoms with Gasteiger partial charge >= 0.3 is 5.97 Å². The molecule has 4 rings (SSSR count). The molecule has 0 spiro atoms. The van der Waals surface area contributed by atoms with Crippen molar-refractivity contribution in [3.63, 3.8) is 0 Å². The highest BCUT2D eigenvalue weighted by Crippen LogP contribution is 2.35. The van der Waals surface area contributed by atoms with Crippen LogP contribution in [-0.2, 0) is 14.3 Å². The van der Waals surface area contributed by atoms with Gasteiger partial charge in [0.2, 0.25) is 0 Å². The van der Waals surface area contributed by atoms with Gasteiger partial charge < -0.3 is 20.1 Å². The van der Waals surface area contributed by atoms with Gasteiger partial charge in [-0.15, -0.1) is 0 Å². The fourth-order valence-electron chi connectivity index (χ4n) is 3.74. The van der Waals surface area contributed by atoms with Gasteiger partial charge in [0.25, 0.3) is 17.7 Å². The lowest BCUT2D eigenvalue weighted by Crippen LogP contribution is -2.32. The minimum atomic E-state index is -0.701. The first-order valence-electron chi connectivity index (χ1n) is 11.6. The van der Waals surface area contributed by atoms with Crippen LogP contribution in [0.2, 0.25) is 0 Å². The molecule has 0 bridgehead atoms. The Morgan fingerprint density at radius 2 is 1.53 bits per heavy atom. The number of halogens is 1. The molecule has 0 fully saturated rings. The number of hydrogen-bond donors (Lipinski definition) is 2. The Morgan fingerprint density at radius 1 is 0.868 bits per heavy atom. The largest absolute Gasteiger partial charge is 0.495 e. The number of imide groups is 1. The maximum atomic E-state index is 13.1. The summed E-state index contributed by atoms with van der Waals surface area (Å²) in [7, 11) is 1.43. The van der Waals surface area contributed by atoms with E-state index >= 15 is 0 Å². The lowest BCUT2D eigenvalue weighted by molar-refractivity contribution is -0.120. The fraction of sp³-hybridized carbons (Fsp3) is 0.143. The van der Waals surface area contributed by atoms with Crippen molar-refractivity contribution in [3.05, 3.63) is 94.7 Å². The standard InChI is InChI=1S/C28H24ClN3O6/c1-16(2)38-28(36)18-9-7-11-20(15-18)31-25(33)17-8-6-10-19(14-17)30-24-23(29)26(34)32(27(24)35)21-12-4-5-13-22(21)37-3/h4-16,30H,1-3H3,(H,31,33). The number of carbonyl (C=O) groups is 4. The number of methoxy groups -OCH3 is 1. The molecule has 0 radical (unpaired) electrons. The highest BCUT2D eigenvalue weighted by atomic mass is 35.5. The molecule has 1 aliphatic heterocycles. The van der Waals surface area contributed by atoms with E-state index in [9.17, 15) is 19.2 Å². The lowest BCUT2D eigenvalue weighted by Gasteiger charge is -2.18. The average Bonchev–Trinajstić information content (AvgIpc) is 3.11. The van der Waals surface area contributed by atoms with Crippen LogP contribution < -0.4 is 20.3 Å². The molecule has 3 aromatic carbocycles. The zero-order valence-electron chi connectivity index (χ0n) is 20.8. The molecule has 0 aromatic heterocycles. The van der Waals surface area contributed by atoms with Gasteiger partial charge in [0.1, 0.15) is 16.5 Å². The SMILES string of the molecule is COc1ccccc1N1C(=O)C(Cl)=C(Nc2cccc(C(=O)Nc3cccc(C(=O)OC(C)C)c3)c2)C1=O. The molecule has 3 aromatic rings. The number of hydrogen-bond acceptors (Lipinski definition) is 7. The number of amides is 3. The summed E-state index contributed by atoms with van der Waals surface area (Å²) in [5.41, 5.74) is 1.46. The zero-order valence-corrected chi connectivity index (χ0v) is 21.5. The van der Waals surface area contributed by atoms with Crippen LogP contribution in [0.5, 0.6) is 5.75 Å². The third-order valence-corrected chi connectivity index (χ3v) is 5.80. The number of carbonyl (C=O) groups excluding carboxylic acids is 4. The van der Waals surface area contributed by atoms with Crippen molar-refractivity contribution in [2.45, 2.75) is 20.0 Å². The predicted molar refractivity (Wildman–Crippen MR) is 143 cm³/mol. The Kier molecular flexibility index (Phi) is 7.78. The van der Waals surface area contributed by atoms with Crippen molar-refractivity contribution in [1.82, 2.24) is 0 Å². The summed E-state index contributed by atoms with van der Waals surface area (Å²) < 4.78 is 10.5. The Hall–Kier alpha value is -4.63. The normalized spacial score (nSPS) is 13.1. The molecule has 0 atom stereocenters. The van der Waals surface area contributed by atoms with Crippen LogP contribution in [0.15, 0.2) is 83.5 Å². The summed E-state index contributed by atoms with van der Waals surface area (Å²) in [4.78, 5) is 52.0. The molecule has 0 unspecified atom stereocenters. The van der Waals surface area contributed by atoms with E-state index < -0.39 is 23.7 Å². The fourth-order valence-corrected chi connectivity index (χ4v) is 3.95. The van der Waals surface area contributed by atoms with E-state index in [4.69, 9.17) is 21.1 Å². The maximum absolute atomic E-state index is 13.1. The molecule has 1 aliphatic rings. The summed E-state index contributed by atoms with van der Waals surface area (Å²) in [5, 5.41) is 5.31. The van der Waals surface area contributed by atoms with Crippen LogP contribution in [0.4, 0.5) is 17.1 Å². The van der Waals surface area contributed by atoms with Crippen LogP contribution in [0.25, 0.3) is 0 Å². The first-order valence-corrected chi connectivity index (χ1v) is 12.0. The number of rotatable bonds is 8. The Bertz CT molecular complexity index is 1470. The molecule has 194 valence electrons. The number of esters is 1. The quantitative estimate of drug-likeness (QED) is 0.311. The van der Waals surface area contributed by atoms with Crippen molar-refractivity contribution < 1.29 is 28.7 Å². The third kappa shape index (κ3) is 5.52. The average molecular weight is 534 g/mol. The Labute approximate surface area is 224 Å². The molecule has 38 heavy (non-hydrogen) atoms. The molecule has 10 heteroatoms. The second kappa shape index (κ2) is 11.2. The Morgan fingerprint density at radius 3 is 2.24 bits per heavy atom. The number of benzene rings is 3. The van der Waals surface area contributed by atoms with E-state index in [0.29, 0.717) is 22.7 Å². The zero-order chi connectivity index (χ0) is 27.4. The first-order chi connectivity index (χ1) is 18.2. The van der Waals surface area contributed by atoms with Gasteiger partial charge in [-0.05, 0) is 62.4 Å². The summed E-state index contributed by atoms with van der Waals surface area (Å²) in [6, 6.07) is 19.3. The summed E-state index contributed by atoms with van der Waals surface area (Å²) in [6.07, 6.45) is -0.275. The summed E-state index contributed by atoms with van der Waals surface area (Å²) in [6.45, 7) is 3.50. The van der Waals surface area contributed by atoms with E-state index in [2.05, 4.69) is 10.6 Å². The first kappa shape index (κ1) is 26.4. The van der Waals surface area contributed by atoms with Crippen LogP contribution in [0.3, 0.4) is 0 Å². The van der Waals surface area contributed by atoms with Crippen molar-refractivity contribution in [2.75, 3.05) is 22.6 Å². The molecule has 1 heterocycles. The molecule has 0 saturated heterocycles. The van der Waals surface area contributed by atoms with Crippen molar-refractivity contribution >= 4 is 52.4 Å². The van der Waals surface area contributed by atoms with Crippen molar-refractivity contribution in [2.24, 2.45) is 0 Å². The molecule has 9 nitrogen and oxygen atoms in total. The monoisotopic (exact) mass is 533 g/mol. The molecule has 3 amide bonds. The van der Waals surface area contributed by atoms with Crippen molar-refractivity contribution in [1.29, 1.82) is 0 Å². The number of nitrogens with one attached hydrogen (secondary N) is 2. The second-order valence-electron chi connectivity index (χ2n) is 8.50. The van der Waals surface area contributed by atoms with Gasteiger partial charge in [-0.2, -0.15) is 0 Å². The van der Waals surface area contributed by atoms with Crippen LogP contribution >= 0.6 is 11.6 Å². The van der Waals surface area contributed by atoms with Gasteiger partial charge in [-0.1, -0.05) is 35.9 Å². The van der Waals surface area contributed by atoms with E-state index in [1.54, 1.807) is 74.5 Å². The highest BCUT2D eigenvalue weighted by molar-refractivity contribution is 6.53. The number of para-hydroxylation sites is 2. The van der Waals surface area contributed by atoms with Gasteiger partial charge in [0.15, 0.2) is 0 Å². The number of nitrogens with zero attached hydrogens (tertiary/aromatic N) is 1. The summed E-state index contributed by atoms with van der Waals surface area (Å²) in [5.74, 6) is -1.98. The summed E-state index contributed by atoms with van der Waals surface area (Å²) >= 11 is 6.24. The Balaban J connectivity index is 1.51. The molecule has 0 aliphatic carbocycles. The number of ether oxygens (including phenoxy) is 2. The minimum Gasteiger partial charge on any atom is -0.495 e. The van der Waals surface area contributed by atoms with Crippen LogP contribution in [0, 0.1) is 0 Å². The molecular formula is C28H24ClN3O6. The van der Waals surface area contributed by atoms with E-state index in [1.807, 2.05) is 0 Å². The van der Waals surface area contributed by atoms with E-state index in [0.717, 1.165) is 4.90 Å². The van der Waals surface area contributed by atoms with E-state index in [1.165, 1.54) is 19.2 Å².